The van der Waals surface area contributed by atoms with Crippen LogP contribution in [0.4, 0.5) is 23.0 Å². The van der Waals surface area contributed by atoms with Crippen molar-refractivity contribution in [2.24, 2.45) is 0 Å². The van der Waals surface area contributed by atoms with E-state index in [-0.39, 0.29) is 0 Å². The first-order valence-corrected chi connectivity index (χ1v) is 7.89. The summed E-state index contributed by atoms with van der Waals surface area (Å²) in [5.74, 6) is 2.64. The van der Waals surface area contributed by atoms with Gasteiger partial charge in [0.1, 0.15) is 29.5 Å². The number of benzene rings is 2. The van der Waals surface area contributed by atoms with Crippen LogP contribution in [0.25, 0.3) is 0 Å². The van der Waals surface area contributed by atoms with Crippen LogP contribution in [-0.2, 0) is 0 Å². The number of nitrogens with one attached hydrogen (secondary N) is 2. The number of nitrogens with zero attached hydrogens (tertiary/aromatic N) is 2. The summed E-state index contributed by atoms with van der Waals surface area (Å²) in [6, 6.07) is 14.7. The summed E-state index contributed by atoms with van der Waals surface area (Å²) in [7, 11) is 3.21. The lowest BCUT2D eigenvalue weighted by Crippen LogP contribution is -2.00. The Balaban J connectivity index is 1.80. The second-order valence-corrected chi connectivity index (χ2v) is 5.55. The molecule has 1 aromatic heterocycles. The number of hydrogen-bond acceptors (Lipinski definition) is 6. The van der Waals surface area contributed by atoms with E-state index in [4.69, 9.17) is 21.1 Å². The van der Waals surface area contributed by atoms with Gasteiger partial charge in [-0.3, -0.25) is 0 Å². The molecule has 0 fully saturated rings. The Morgan fingerprint density at radius 1 is 0.880 bits per heavy atom. The molecule has 128 valence electrons. The molecule has 0 saturated heterocycles. The second kappa shape index (κ2) is 7.72. The number of rotatable bonds is 6. The van der Waals surface area contributed by atoms with Crippen molar-refractivity contribution in [2.75, 3.05) is 24.9 Å². The second-order valence-electron chi connectivity index (χ2n) is 5.12. The highest BCUT2D eigenvalue weighted by Gasteiger charge is 2.07. The summed E-state index contributed by atoms with van der Waals surface area (Å²) >= 11 is 6.00. The number of aromatic nitrogens is 2. The van der Waals surface area contributed by atoms with Crippen molar-refractivity contribution in [2.45, 2.75) is 0 Å². The molecule has 6 nitrogen and oxygen atoms in total. The molecule has 0 saturated carbocycles. The molecule has 0 bridgehead atoms. The Bertz CT molecular complexity index is 873. The normalized spacial score (nSPS) is 10.2. The van der Waals surface area contributed by atoms with Crippen molar-refractivity contribution >= 4 is 34.6 Å². The molecule has 7 heteroatoms. The number of methoxy groups -OCH3 is 2. The fourth-order valence-corrected chi connectivity index (χ4v) is 2.44. The number of hydrogen-bond donors (Lipinski definition) is 2. The summed E-state index contributed by atoms with van der Waals surface area (Å²) in [5.41, 5.74) is 1.62. The quantitative estimate of drug-likeness (QED) is 0.671. The van der Waals surface area contributed by atoms with Gasteiger partial charge in [0.2, 0.25) is 0 Å². The number of anilines is 4. The average Bonchev–Trinajstić information content (AvgIpc) is 2.62. The molecular formula is C18H17ClN4O2. The van der Waals surface area contributed by atoms with Gasteiger partial charge in [-0.1, -0.05) is 17.7 Å². The van der Waals surface area contributed by atoms with E-state index < -0.39 is 0 Å². The van der Waals surface area contributed by atoms with Crippen LogP contribution < -0.4 is 20.1 Å². The molecule has 25 heavy (non-hydrogen) atoms. The molecule has 1 heterocycles. The lowest BCUT2D eigenvalue weighted by atomic mass is 10.2. The molecule has 0 aliphatic carbocycles. The minimum Gasteiger partial charge on any atom is -0.497 e. The van der Waals surface area contributed by atoms with E-state index >= 15 is 0 Å². The van der Waals surface area contributed by atoms with E-state index in [1.54, 1.807) is 26.4 Å². The van der Waals surface area contributed by atoms with Crippen molar-refractivity contribution in [3.05, 3.63) is 59.9 Å². The molecule has 2 aromatic carbocycles. The lowest BCUT2D eigenvalue weighted by molar-refractivity contribution is 0.395. The summed E-state index contributed by atoms with van der Waals surface area (Å²) in [4.78, 5) is 8.46. The highest BCUT2D eigenvalue weighted by Crippen LogP contribution is 2.31. The molecule has 0 atom stereocenters. The third kappa shape index (κ3) is 4.30. The van der Waals surface area contributed by atoms with Gasteiger partial charge in [0.25, 0.3) is 0 Å². The maximum atomic E-state index is 6.00. The van der Waals surface area contributed by atoms with Crippen molar-refractivity contribution < 1.29 is 9.47 Å². The van der Waals surface area contributed by atoms with Crippen LogP contribution in [0.15, 0.2) is 54.9 Å². The Kier molecular flexibility index (Phi) is 5.20. The lowest BCUT2D eigenvalue weighted by Gasteiger charge is -2.12. The first-order chi connectivity index (χ1) is 12.2. The Hall–Kier alpha value is -2.99. The Labute approximate surface area is 150 Å². The molecule has 2 N–H and O–H groups in total. The van der Waals surface area contributed by atoms with E-state index in [9.17, 15) is 0 Å². The molecule has 0 unspecified atom stereocenters. The van der Waals surface area contributed by atoms with E-state index in [0.717, 1.165) is 11.4 Å². The van der Waals surface area contributed by atoms with Gasteiger partial charge in [0, 0.05) is 22.8 Å². The van der Waals surface area contributed by atoms with Crippen molar-refractivity contribution in [1.82, 2.24) is 9.97 Å². The van der Waals surface area contributed by atoms with Crippen molar-refractivity contribution in [3.8, 4) is 11.5 Å². The van der Waals surface area contributed by atoms with Crippen LogP contribution in [0.1, 0.15) is 0 Å². The summed E-state index contributed by atoms with van der Waals surface area (Å²) < 4.78 is 10.6. The van der Waals surface area contributed by atoms with Gasteiger partial charge in [-0.05, 0) is 30.3 Å². The smallest absolute Gasteiger partial charge is 0.146 e. The van der Waals surface area contributed by atoms with E-state index in [0.29, 0.717) is 28.2 Å². The third-order valence-electron chi connectivity index (χ3n) is 3.44. The minimum absolute atomic E-state index is 0.628. The maximum Gasteiger partial charge on any atom is 0.146 e. The minimum atomic E-state index is 0.628. The maximum absolute atomic E-state index is 6.00. The molecule has 0 radical (unpaired) electrons. The summed E-state index contributed by atoms with van der Waals surface area (Å²) in [6.07, 6.45) is 1.48. The highest BCUT2D eigenvalue weighted by atomic mass is 35.5. The van der Waals surface area contributed by atoms with Gasteiger partial charge in [-0.15, -0.1) is 0 Å². The Morgan fingerprint density at radius 2 is 1.68 bits per heavy atom. The standard InChI is InChI=1S/C18H17ClN4O2/c1-24-14-6-7-15(16(9-14)25-2)23-18-10-17(20-11-21-18)22-13-5-3-4-12(19)8-13/h3-11H,1-2H3,(H2,20,21,22,23). The van der Waals surface area contributed by atoms with E-state index in [1.807, 2.05) is 36.4 Å². The average molecular weight is 357 g/mol. The number of halogens is 1. The van der Waals surface area contributed by atoms with Gasteiger partial charge in [-0.2, -0.15) is 0 Å². The van der Waals surface area contributed by atoms with Crippen LogP contribution in [0, 0.1) is 0 Å². The van der Waals surface area contributed by atoms with Crippen molar-refractivity contribution in [3.63, 3.8) is 0 Å². The molecule has 3 aromatic rings. The first-order valence-electron chi connectivity index (χ1n) is 7.51. The van der Waals surface area contributed by atoms with E-state index in [1.165, 1.54) is 6.33 Å². The van der Waals surface area contributed by atoms with Crippen molar-refractivity contribution in [1.29, 1.82) is 0 Å². The van der Waals surface area contributed by atoms with Gasteiger partial charge in [-0.25, -0.2) is 9.97 Å². The van der Waals surface area contributed by atoms with E-state index in [2.05, 4.69) is 20.6 Å². The zero-order valence-corrected chi connectivity index (χ0v) is 14.5. The molecular weight excluding hydrogens is 340 g/mol. The summed E-state index contributed by atoms with van der Waals surface area (Å²) in [5, 5.41) is 7.06. The number of ether oxygens (including phenoxy) is 2. The highest BCUT2D eigenvalue weighted by molar-refractivity contribution is 6.30. The molecule has 0 aliphatic heterocycles. The SMILES string of the molecule is COc1ccc(Nc2cc(Nc3cccc(Cl)c3)ncn2)c(OC)c1. The topological polar surface area (TPSA) is 68.3 Å². The fourth-order valence-electron chi connectivity index (χ4n) is 2.25. The largest absolute Gasteiger partial charge is 0.497 e. The third-order valence-corrected chi connectivity index (χ3v) is 3.67. The van der Waals surface area contributed by atoms with Crippen LogP contribution in [0.3, 0.4) is 0 Å². The van der Waals surface area contributed by atoms with Gasteiger partial charge in [0.05, 0.1) is 19.9 Å². The molecule has 0 aliphatic rings. The fraction of sp³-hybridized carbons (Fsp3) is 0.111. The van der Waals surface area contributed by atoms with Crippen LogP contribution in [-0.4, -0.2) is 24.2 Å². The summed E-state index contributed by atoms with van der Waals surface area (Å²) in [6.45, 7) is 0. The predicted octanol–water partition coefficient (Wildman–Crippen LogP) is 4.63. The molecule has 0 spiro atoms. The first kappa shape index (κ1) is 16.9. The monoisotopic (exact) mass is 356 g/mol. The zero-order valence-electron chi connectivity index (χ0n) is 13.8. The van der Waals surface area contributed by atoms with Gasteiger partial charge >= 0.3 is 0 Å². The van der Waals surface area contributed by atoms with Crippen LogP contribution >= 0.6 is 11.6 Å². The van der Waals surface area contributed by atoms with Crippen LogP contribution in [0.5, 0.6) is 11.5 Å². The Morgan fingerprint density at radius 3 is 2.40 bits per heavy atom. The van der Waals surface area contributed by atoms with Gasteiger partial charge in [0.15, 0.2) is 0 Å². The zero-order chi connectivity index (χ0) is 17.6. The molecule has 3 rings (SSSR count). The van der Waals surface area contributed by atoms with Crippen LogP contribution in [0.2, 0.25) is 5.02 Å². The predicted molar refractivity (Wildman–Crippen MR) is 99.6 cm³/mol. The molecule has 0 amide bonds. The van der Waals surface area contributed by atoms with Gasteiger partial charge < -0.3 is 20.1 Å².